The molecule has 102 valence electrons. The maximum atomic E-state index is 12.2. The average Bonchev–Trinajstić information content (AvgIpc) is 2.29. The van der Waals surface area contributed by atoms with Gasteiger partial charge in [-0.15, -0.1) is 0 Å². The number of nitrogens with one attached hydrogen (secondary N) is 1. The molecule has 0 bridgehead atoms. The summed E-state index contributed by atoms with van der Waals surface area (Å²) in [6.45, 7) is 3.03. The van der Waals surface area contributed by atoms with Gasteiger partial charge in [-0.1, -0.05) is 22.9 Å². The highest BCUT2D eigenvalue weighted by Crippen LogP contribution is 2.16. The monoisotopic (exact) mass is 335 g/mol. The van der Waals surface area contributed by atoms with Crippen LogP contribution in [0.1, 0.15) is 6.92 Å². The highest BCUT2D eigenvalue weighted by atomic mass is 79.9. The Kier molecular flexibility index (Phi) is 6.28. The molecule has 0 heterocycles. The molecule has 0 saturated carbocycles. The van der Waals surface area contributed by atoms with Crippen molar-refractivity contribution in [2.24, 2.45) is 0 Å². The Labute approximate surface area is 117 Å². The molecule has 0 fully saturated rings. The molecule has 1 aromatic rings. The van der Waals surface area contributed by atoms with Crippen LogP contribution in [-0.4, -0.2) is 40.5 Å². The molecule has 0 aromatic heterocycles. The topological polar surface area (TPSA) is 55.4 Å². The number of benzene rings is 1. The van der Waals surface area contributed by atoms with Crippen molar-refractivity contribution in [3.8, 4) is 0 Å². The zero-order valence-corrected chi connectivity index (χ0v) is 12.9. The molecule has 0 aliphatic rings. The molecule has 1 unspecified atom stereocenters. The molecular weight excluding hydrogens is 318 g/mol. The third kappa shape index (κ3) is 4.68. The number of hydrogen-bond acceptors (Lipinski definition) is 4. The van der Waals surface area contributed by atoms with Crippen molar-refractivity contribution in [1.82, 2.24) is 5.32 Å². The summed E-state index contributed by atoms with van der Waals surface area (Å²) in [5.41, 5.74) is 0. The summed E-state index contributed by atoms with van der Waals surface area (Å²) in [6, 6.07) is 6.48. The van der Waals surface area contributed by atoms with Gasteiger partial charge in [0, 0.05) is 17.6 Å². The maximum absolute atomic E-state index is 12.2. The van der Waals surface area contributed by atoms with Crippen LogP contribution in [0, 0.1) is 0 Å². The van der Waals surface area contributed by atoms with E-state index in [9.17, 15) is 8.42 Å². The van der Waals surface area contributed by atoms with Crippen LogP contribution >= 0.6 is 15.9 Å². The molecule has 0 aliphatic carbocycles. The number of rotatable bonds is 7. The second-order valence-electron chi connectivity index (χ2n) is 3.95. The molecule has 1 N–H and O–H groups in total. The van der Waals surface area contributed by atoms with Gasteiger partial charge in [0.1, 0.15) is 0 Å². The summed E-state index contributed by atoms with van der Waals surface area (Å²) in [5.74, 6) is 0.0380. The van der Waals surface area contributed by atoms with Gasteiger partial charge in [0.2, 0.25) is 0 Å². The van der Waals surface area contributed by atoms with Gasteiger partial charge in [0.25, 0.3) is 0 Å². The van der Waals surface area contributed by atoms with Crippen molar-refractivity contribution in [2.45, 2.75) is 17.9 Å². The largest absolute Gasteiger partial charge is 0.383 e. The SMILES string of the molecule is CCNC(COC)CS(=O)(=O)c1ccc(Br)cc1. The Morgan fingerprint density at radius 1 is 1.33 bits per heavy atom. The predicted octanol–water partition coefficient (Wildman–Crippen LogP) is 1.85. The lowest BCUT2D eigenvalue weighted by Crippen LogP contribution is -2.39. The first-order chi connectivity index (χ1) is 8.49. The first-order valence-electron chi connectivity index (χ1n) is 5.70. The van der Waals surface area contributed by atoms with E-state index in [4.69, 9.17) is 4.74 Å². The summed E-state index contributed by atoms with van der Waals surface area (Å²) in [5, 5.41) is 3.11. The number of halogens is 1. The van der Waals surface area contributed by atoms with Gasteiger partial charge in [0.05, 0.1) is 17.3 Å². The van der Waals surface area contributed by atoms with Crippen LogP contribution in [0.25, 0.3) is 0 Å². The molecule has 0 spiro atoms. The zero-order chi connectivity index (χ0) is 13.6. The fourth-order valence-electron chi connectivity index (χ4n) is 1.66. The van der Waals surface area contributed by atoms with Crippen LogP contribution in [0.4, 0.5) is 0 Å². The van der Waals surface area contributed by atoms with Gasteiger partial charge >= 0.3 is 0 Å². The van der Waals surface area contributed by atoms with E-state index in [0.717, 1.165) is 4.47 Å². The number of hydrogen-bond donors (Lipinski definition) is 1. The number of sulfone groups is 1. The number of ether oxygens (including phenoxy) is 1. The van der Waals surface area contributed by atoms with Gasteiger partial charge in [-0.2, -0.15) is 0 Å². The Hall–Kier alpha value is -0.430. The fourth-order valence-corrected chi connectivity index (χ4v) is 3.41. The van der Waals surface area contributed by atoms with E-state index in [1.165, 1.54) is 0 Å². The number of likely N-dealkylation sites (N-methyl/N-ethyl adjacent to an activating group) is 1. The molecule has 1 aromatic carbocycles. The molecule has 1 atom stereocenters. The molecule has 0 saturated heterocycles. The highest BCUT2D eigenvalue weighted by Gasteiger charge is 2.20. The summed E-state index contributed by atoms with van der Waals surface area (Å²) < 4.78 is 30.3. The van der Waals surface area contributed by atoms with Crippen molar-refractivity contribution in [3.05, 3.63) is 28.7 Å². The van der Waals surface area contributed by atoms with E-state index in [-0.39, 0.29) is 11.8 Å². The lowest BCUT2D eigenvalue weighted by molar-refractivity contribution is 0.174. The summed E-state index contributed by atoms with van der Waals surface area (Å²) in [4.78, 5) is 0.338. The molecule has 6 heteroatoms. The normalized spacial score (nSPS) is 13.5. The van der Waals surface area contributed by atoms with E-state index in [0.29, 0.717) is 18.0 Å². The molecule has 4 nitrogen and oxygen atoms in total. The van der Waals surface area contributed by atoms with E-state index in [1.54, 1.807) is 31.4 Å². The Morgan fingerprint density at radius 2 is 1.94 bits per heavy atom. The van der Waals surface area contributed by atoms with Crippen molar-refractivity contribution < 1.29 is 13.2 Å². The first kappa shape index (κ1) is 15.6. The van der Waals surface area contributed by atoms with Crippen LogP contribution < -0.4 is 5.32 Å². The lowest BCUT2D eigenvalue weighted by Gasteiger charge is -2.17. The van der Waals surface area contributed by atoms with E-state index in [2.05, 4.69) is 21.2 Å². The summed E-state index contributed by atoms with van der Waals surface area (Å²) >= 11 is 3.29. The molecular formula is C12H18BrNO3S. The van der Waals surface area contributed by atoms with Crippen LogP contribution in [0.2, 0.25) is 0 Å². The second kappa shape index (κ2) is 7.23. The van der Waals surface area contributed by atoms with Crippen molar-refractivity contribution in [3.63, 3.8) is 0 Å². The summed E-state index contributed by atoms with van der Waals surface area (Å²) in [6.07, 6.45) is 0. The van der Waals surface area contributed by atoms with Crippen LogP contribution in [0.5, 0.6) is 0 Å². The maximum Gasteiger partial charge on any atom is 0.179 e. The van der Waals surface area contributed by atoms with E-state index in [1.807, 2.05) is 6.92 Å². The minimum Gasteiger partial charge on any atom is -0.383 e. The Balaban J connectivity index is 2.82. The molecule has 0 radical (unpaired) electrons. The predicted molar refractivity (Wildman–Crippen MR) is 75.5 cm³/mol. The quantitative estimate of drug-likeness (QED) is 0.826. The van der Waals surface area contributed by atoms with Gasteiger partial charge in [-0.3, -0.25) is 0 Å². The molecule has 1 rings (SSSR count). The third-order valence-electron chi connectivity index (χ3n) is 2.45. The average molecular weight is 336 g/mol. The van der Waals surface area contributed by atoms with Crippen molar-refractivity contribution >= 4 is 25.8 Å². The third-order valence-corrected chi connectivity index (χ3v) is 4.81. The number of methoxy groups -OCH3 is 1. The Bertz CT molecular complexity index is 453. The lowest BCUT2D eigenvalue weighted by atomic mass is 10.3. The van der Waals surface area contributed by atoms with Crippen LogP contribution in [-0.2, 0) is 14.6 Å². The van der Waals surface area contributed by atoms with E-state index < -0.39 is 9.84 Å². The van der Waals surface area contributed by atoms with E-state index >= 15 is 0 Å². The van der Waals surface area contributed by atoms with Gasteiger partial charge in [-0.25, -0.2) is 8.42 Å². The van der Waals surface area contributed by atoms with Gasteiger partial charge < -0.3 is 10.1 Å². The minimum absolute atomic E-state index is 0.0380. The molecule has 0 aliphatic heterocycles. The fraction of sp³-hybridized carbons (Fsp3) is 0.500. The van der Waals surface area contributed by atoms with Crippen LogP contribution in [0.3, 0.4) is 0 Å². The van der Waals surface area contributed by atoms with Crippen molar-refractivity contribution in [2.75, 3.05) is 26.0 Å². The van der Waals surface area contributed by atoms with Crippen molar-refractivity contribution in [1.29, 1.82) is 0 Å². The van der Waals surface area contributed by atoms with Gasteiger partial charge in [-0.05, 0) is 30.8 Å². The highest BCUT2D eigenvalue weighted by molar-refractivity contribution is 9.10. The minimum atomic E-state index is -3.28. The second-order valence-corrected chi connectivity index (χ2v) is 6.90. The first-order valence-corrected chi connectivity index (χ1v) is 8.14. The molecule has 0 amide bonds. The standard InChI is InChI=1S/C12H18BrNO3S/c1-3-14-11(8-17-2)9-18(15,16)12-6-4-10(13)5-7-12/h4-7,11,14H,3,8-9H2,1-2H3. The van der Waals surface area contributed by atoms with Crippen LogP contribution in [0.15, 0.2) is 33.6 Å². The smallest absolute Gasteiger partial charge is 0.179 e. The van der Waals surface area contributed by atoms with Gasteiger partial charge in [0.15, 0.2) is 9.84 Å². The molecule has 18 heavy (non-hydrogen) atoms. The Morgan fingerprint density at radius 3 is 2.44 bits per heavy atom. The summed E-state index contributed by atoms with van der Waals surface area (Å²) in [7, 11) is -1.72. The zero-order valence-electron chi connectivity index (χ0n) is 10.5.